The largest absolute Gasteiger partial charge is 0.372 e. The molecule has 2 atom stereocenters. The second kappa shape index (κ2) is 7.01. The van der Waals surface area contributed by atoms with E-state index in [0.717, 1.165) is 34.6 Å². The summed E-state index contributed by atoms with van der Waals surface area (Å²) in [6.45, 7) is 0. The van der Waals surface area contributed by atoms with E-state index in [9.17, 15) is 4.79 Å². The van der Waals surface area contributed by atoms with E-state index in [1.54, 1.807) is 0 Å². The Morgan fingerprint density at radius 2 is 1.29 bits per heavy atom. The number of carbonyl (C=O) groups is 1. The Hall–Kier alpha value is -3.33. The van der Waals surface area contributed by atoms with Crippen LogP contribution in [0.4, 0.5) is 11.4 Å². The van der Waals surface area contributed by atoms with Gasteiger partial charge in [-0.15, -0.1) is 0 Å². The molecule has 2 N–H and O–H groups in total. The summed E-state index contributed by atoms with van der Waals surface area (Å²) in [4.78, 5) is 13.4. The monoisotopic (exact) mass is 366 g/mol. The van der Waals surface area contributed by atoms with Crippen LogP contribution in [-0.2, 0) is 4.79 Å². The summed E-state index contributed by atoms with van der Waals surface area (Å²) in [5.41, 5.74) is 6.29. The lowest BCUT2D eigenvalue weighted by Crippen LogP contribution is -2.26. The molecule has 0 amide bonds. The first kappa shape index (κ1) is 16.8. The molecule has 3 nitrogen and oxygen atoms in total. The van der Waals surface area contributed by atoms with Gasteiger partial charge in [-0.25, -0.2) is 0 Å². The van der Waals surface area contributed by atoms with E-state index in [-0.39, 0.29) is 17.7 Å². The lowest BCUT2D eigenvalue weighted by molar-refractivity contribution is -0.116. The summed E-state index contributed by atoms with van der Waals surface area (Å²) in [6, 6.07) is 28.7. The molecule has 3 aromatic carbocycles. The van der Waals surface area contributed by atoms with Crippen molar-refractivity contribution in [3.05, 3.63) is 107 Å². The van der Waals surface area contributed by atoms with Gasteiger partial charge in [-0.3, -0.25) is 4.79 Å². The fourth-order valence-electron chi connectivity index (χ4n) is 4.35. The van der Waals surface area contributed by atoms with Crippen molar-refractivity contribution < 1.29 is 4.79 Å². The topological polar surface area (TPSA) is 41.1 Å². The molecule has 1 heterocycles. The number of carbonyl (C=O) groups excluding carboxylic acids is 1. The maximum Gasteiger partial charge on any atom is 0.163 e. The molecule has 28 heavy (non-hydrogen) atoms. The van der Waals surface area contributed by atoms with Gasteiger partial charge in [-0.2, -0.15) is 0 Å². The Morgan fingerprint density at radius 1 is 0.679 bits per heavy atom. The average Bonchev–Trinajstić information content (AvgIpc) is 2.92. The minimum atomic E-state index is -0.142. The van der Waals surface area contributed by atoms with Gasteiger partial charge in [0, 0.05) is 17.7 Å². The zero-order chi connectivity index (χ0) is 18.9. The minimum Gasteiger partial charge on any atom is -0.372 e. The van der Waals surface area contributed by atoms with Gasteiger partial charge in [-0.05, 0) is 35.6 Å². The SMILES string of the molecule is O=C1C[C@H](c2ccccc2)CC2=C1[C@@H](c1ccccc1)Nc1ccccc1N2. The normalized spacial score (nSPS) is 21.1. The lowest BCUT2D eigenvalue weighted by atomic mass is 9.78. The van der Waals surface area contributed by atoms with Crippen molar-refractivity contribution in [3.63, 3.8) is 0 Å². The van der Waals surface area contributed by atoms with Crippen molar-refractivity contribution in [2.75, 3.05) is 10.6 Å². The van der Waals surface area contributed by atoms with Gasteiger partial charge in [0.25, 0.3) is 0 Å². The molecule has 138 valence electrons. The van der Waals surface area contributed by atoms with Gasteiger partial charge in [0.1, 0.15) is 0 Å². The van der Waals surface area contributed by atoms with Gasteiger partial charge < -0.3 is 10.6 Å². The molecule has 3 aromatic rings. The van der Waals surface area contributed by atoms with E-state index in [0.29, 0.717) is 6.42 Å². The molecule has 0 saturated carbocycles. The van der Waals surface area contributed by atoms with E-state index in [2.05, 4.69) is 47.0 Å². The molecule has 3 heteroatoms. The third-order valence-corrected chi connectivity index (χ3v) is 5.71. The van der Waals surface area contributed by atoms with Crippen LogP contribution in [0.15, 0.2) is 96.2 Å². The maximum atomic E-state index is 13.4. The molecule has 5 rings (SSSR count). The van der Waals surface area contributed by atoms with Crippen LogP contribution < -0.4 is 10.6 Å². The number of allylic oxidation sites excluding steroid dienone is 1. The number of nitrogens with one attached hydrogen (secondary N) is 2. The Kier molecular flexibility index (Phi) is 4.21. The first-order valence-electron chi connectivity index (χ1n) is 9.78. The molecule has 0 spiro atoms. The number of ketones is 1. The molecule has 2 aliphatic rings. The van der Waals surface area contributed by atoms with Gasteiger partial charge >= 0.3 is 0 Å². The first-order valence-corrected chi connectivity index (χ1v) is 9.78. The molecule has 0 unspecified atom stereocenters. The smallest absolute Gasteiger partial charge is 0.163 e. The van der Waals surface area contributed by atoms with Gasteiger partial charge in [0.15, 0.2) is 5.78 Å². The van der Waals surface area contributed by atoms with Crippen molar-refractivity contribution in [2.24, 2.45) is 0 Å². The number of hydrogen-bond acceptors (Lipinski definition) is 3. The van der Waals surface area contributed by atoms with Crippen molar-refractivity contribution in [3.8, 4) is 0 Å². The standard InChI is InChI=1S/C25H22N2O/c28-23-16-19(17-9-3-1-4-10-17)15-22-24(23)25(18-11-5-2-6-12-18)27-21-14-8-7-13-20(21)26-22/h1-14,19,25-27H,15-16H2/t19-,25-/m1/s1. The van der Waals surface area contributed by atoms with Crippen LogP contribution in [0.3, 0.4) is 0 Å². The average molecular weight is 366 g/mol. The first-order chi connectivity index (χ1) is 13.8. The quantitative estimate of drug-likeness (QED) is 0.614. The van der Waals surface area contributed by atoms with Crippen LogP contribution in [0.2, 0.25) is 0 Å². The minimum absolute atomic E-state index is 0.142. The van der Waals surface area contributed by atoms with Crippen molar-refractivity contribution >= 4 is 17.2 Å². The predicted octanol–water partition coefficient (Wildman–Crippen LogP) is 5.67. The van der Waals surface area contributed by atoms with E-state index in [4.69, 9.17) is 0 Å². The molecular formula is C25H22N2O. The molecule has 0 bridgehead atoms. The third-order valence-electron chi connectivity index (χ3n) is 5.71. The Bertz CT molecular complexity index is 1040. The summed E-state index contributed by atoms with van der Waals surface area (Å²) in [5.74, 6) is 0.429. The Balaban J connectivity index is 1.62. The number of hydrogen-bond donors (Lipinski definition) is 2. The Morgan fingerprint density at radius 3 is 2.00 bits per heavy atom. The Labute approximate surface area is 165 Å². The number of rotatable bonds is 2. The van der Waals surface area contributed by atoms with Crippen molar-refractivity contribution in [1.82, 2.24) is 0 Å². The number of anilines is 2. The fraction of sp³-hybridized carbons (Fsp3) is 0.160. The number of fused-ring (bicyclic) bond motifs is 1. The molecule has 0 fully saturated rings. The second-order valence-corrected chi connectivity index (χ2v) is 7.49. The number of benzene rings is 3. The van der Waals surface area contributed by atoms with Crippen LogP contribution in [0.25, 0.3) is 0 Å². The van der Waals surface area contributed by atoms with E-state index in [1.807, 2.05) is 48.5 Å². The van der Waals surface area contributed by atoms with Crippen LogP contribution >= 0.6 is 0 Å². The summed E-state index contributed by atoms with van der Waals surface area (Å²) < 4.78 is 0. The lowest BCUT2D eigenvalue weighted by Gasteiger charge is -2.30. The maximum absolute atomic E-state index is 13.4. The highest BCUT2D eigenvalue weighted by molar-refractivity contribution is 6.01. The van der Waals surface area contributed by atoms with E-state index in [1.165, 1.54) is 5.56 Å². The van der Waals surface area contributed by atoms with Crippen molar-refractivity contribution in [1.29, 1.82) is 0 Å². The molecular weight excluding hydrogens is 344 g/mol. The van der Waals surface area contributed by atoms with Crippen LogP contribution in [0, 0.1) is 0 Å². The zero-order valence-corrected chi connectivity index (χ0v) is 15.6. The summed E-state index contributed by atoms with van der Waals surface area (Å²) in [7, 11) is 0. The van der Waals surface area contributed by atoms with Crippen LogP contribution in [0.5, 0.6) is 0 Å². The van der Waals surface area contributed by atoms with E-state index < -0.39 is 0 Å². The molecule has 1 aliphatic heterocycles. The summed E-state index contributed by atoms with van der Waals surface area (Å²) in [6.07, 6.45) is 1.39. The highest BCUT2D eigenvalue weighted by Crippen LogP contribution is 2.44. The third kappa shape index (κ3) is 2.99. The van der Waals surface area contributed by atoms with Gasteiger partial charge in [0.05, 0.1) is 17.4 Å². The number of para-hydroxylation sites is 2. The molecule has 1 aliphatic carbocycles. The predicted molar refractivity (Wildman–Crippen MR) is 113 cm³/mol. The van der Waals surface area contributed by atoms with Gasteiger partial charge in [-0.1, -0.05) is 72.8 Å². The summed E-state index contributed by atoms with van der Waals surface area (Å²) in [5, 5.41) is 7.21. The highest BCUT2D eigenvalue weighted by atomic mass is 16.1. The van der Waals surface area contributed by atoms with E-state index >= 15 is 0 Å². The molecule has 0 radical (unpaired) electrons. The summed E-state index contributed by atoms with van der Waals surface area (Å²) >= 11 is 0. The number of Topliss-reactive ketones (excluding diaryl/α,β-unsaturated/α-hetero) is 1. The van der Waals surface area contributed by atoms with Gasteiger partial charge in [0.2, 0.25) is 0 Å². The van der Waals surface area contributed by atoms with Crippen molar-refractivity contribution in [2.45, 2.75) is 24.8 Å². The van der Waals surface area contributed by atoms with Crippen LogP contribution in [0.1, 0.15) is 35.9 Å². The molecule has 0 aromatic heterocycles. The zero-order valence-electron chi connectivity index (χ0n) is 15.6. The molecule has 0 saturated heterocycles. The highest BCUT2D eigenvalue weighted by Gasteiger charge is 2.35. The van der Waals surface area contributed by atoms with Crippen LogP contribution in [-0.4, -0.2) is 5.78 Å². The fourth-order valence-corrected chi connectivity index (χ4v) is 4.35. The second-order valence-electron chi connectivity index (χ2n) is 7.49.